The van der Waals surface area contributed by atoms with Gasteiger partial charge in [-0.2, -0.15) is 11.3 Å². The molecule has 0 aliphatic heterocycles. The maximum Gasteiger partial charge on any atom is 0.0457 e. The van der Waals surface area contributed by atoms with Crippen LogP contribution in [0.25, 0.3) is 0 Å². The molecule has 0 saturated carbocycles. The van der Waals surface area contributed by atoms with Crippen molar-refractivity contribution < 1.29 is 0 Å². The van der Waals surface area contributed by atoms with Crippen LogP contribution in [0.4, 0.5) is 0 Å². The van der Waals surface area contributed by atoms with Crippen molar-refractivity contribution in [3.63, 3.8) is 0 Å². The molecule has 2 aromatic rings. The lowest BCUT2D eigenvalue weighted by Gasteiger charge is -2.20. The van der Waals surface area contributed by atoms with Crippen LogP contribution in [-0.2, 0) is 5.75 Å². The zero-order valence-electron chi connectivity index (χ0n) is 10.8. The fourth-order valence-electron chi connectivity index (χ4n) is 1.94. The minimum Gasteiger partial charge on any atom is -0.327 e. The standard InChI is InChI=1S/C15H19NS2/c1-11-5-3-4-6-13(11)10-18-15(12(2)16)14-7-8-17-9-14/h3-9,12,15H,10,16H2,1-2H3. The Kier molecular flexibility index (Phi) is 4.87. The van der Waals surface area contributed by atoms with Crippen molar-refractivity contribution >= 4 is 23.1 Å². The maximum absolute atomic E-state index is 6.11. The van der Waals surface area contributed by atoms with Crippen LogP contribution in [-0.4, -0.2) is 6.04 Å². The summed E-state index contributed by atoms with van der Waals surface area (Å²) in [6, 6.07) is 10.9. The van der Waals surface area contributed by atoms with Gasteiger partial charge < -0.3 is 5.73 Å². The van der Waals surface area contributed by atoms with Crippen LogP contribution in [0.1, 0.15) is 28.9 Å². The van der Waals surface area contributed by atoms with E-state index in [0.29, 0.717) is 5.25 Å². The highest BCUT2D eigenvalue weighted by Gasteiger charge is 2.17. The molecule has 3 heteroatoms. The molecule has 0 aliphatic rings. The molecule has 96 valence electrons. The zero-order valence-corrected chi connectivity index (χ0v) is 12.4. The molecule has 0 amide bonds. The lowest BCUT2D eigenvalue weighted by molar-refractivity contribution is 0.723. The predicted molar refractivity (Wildman–Crippen MR) is 83.2 cm³/mol. The molecule has 0 fully saturated rings. The summed E-state index contributed by atoms with van der Waals surface area (Å²) < 4.78 is 0. The fraction of sp³-hybridized carbons (Fsp3) is 0.333. The Morgan fingerprint density at radius 3 is 2.67 bits per heavy atom. The van der Waals surface area contributed by atoms with Gasteiger partial charge in [-0.1, -0.05) is 24.3 Å². The molecule has 2 atom stereocenters. The van der Waals surface area contributed by atoms with Gasteiger partial charge in [0, 0.05) is 17.0 Å². The first-order valence-corrected chi connectivity index (χ1v) is 8.11. The molecule has 1 heterocycles. The summed E-state index contributed by atoms with van der Waals surface area (Å²) in [5.74, 6) is 1.02. The monoisotopic (exact) mass is 277 g/mol. The molecule has 0 spiro atoms. The third-order valence-corrected chi connectivity index (χ3v) is 5.27. The Morgan fingerprint density at radius 2 is 2.06 bits per heavy atom. The van der Waals surface area contributed by atoms with Crippen LogP contribution < -0.4 is 5.73 Å². The maximum atomic E-state index is 6.11. The Hall–Kier alpha value is -0.770. The normalized spacial score (nSPS) is 14.4. The Balaban J connectivity index is 2.05. The van der Waals surface area contributed by atoms with E-state index >= 15 is 0 Å². The third kappa shape index (κ3) is 3.37. The first-order chi connectivity index (χ1) is 8.68. The Morgan fingerprint density at radius 1 is 1.28 bits per heavy atom. The molecule has 18 heavy (non-hydrogen) atoms. The van der Waals surface area contributed by atoms with E-state index in [9.17, 15) is 0 Å². The highest BCUT2D eigenvalue weighted by Crippen LogP contribution is 2.35. The number of benzene rings is 1. The van der Waals surface area contributed by atoms with Gasteiger partial charge in [-0.3, -0.25) is 0 Å². The first kappa shape index (κ1) is 13.7. The van der Waals surface area contributed by atoms with Crippen LogP contribution >= 0.6 is 23.1 Å². The summed E-state index contributed by atoms with van der Waals surface area (Å²) in [5, 5.41) is 4.72. The van der Waals surface area contributed by atoms with E-state index in [-0.39, 0.29) is 6.04 Å². The van der Waals surface area contributed by atoms with Crippen molar-refractivity contribution in [1.29, 1.82) is 0 Å². The van der Waals surface area contributed by atoms with Crippen LogP contribution in [0.2, 0.25) is 0 Å². The van der Waals surface area contributed by atoms with E-state index < -0.39 is 0 Å². The fourth-order valence-corrected chi connectivity index (χ4v) is 4.05. The molecule has 1 aromatic heterocycles. The Labute approximate surface area is 117 Å². The minimum absolute atomic E-state index is 0.175. The molecule has 0 radical (unpaired) electrons. The number of nitrogens with two attached hydrogens (primary N) is 1. The van der Waals surface area contributed by atoms with Crippen LogP contribution in [0.5, 0.6) is 0 Å². The highest BCUT2D eigenvalue weighted by atomic mass is 32.2. The van der Waals surface area contributed by atoms with Crippen LogP contribution in [0.3, 0.4) is 0 Å². The number of hydrogen-bond donors (Lipinski definition) is 1. The smallest absolute Gasteiger partial charge is 0.0457 e. The number of thioether (sulfide) groups is 1. The molecule has 1 nitrogen and oxygen atoms in total. The van der Waals surface area contributed by atoms with Gasteiger partial charge in [-0.15, -0.1) is 11.8 Å². The lowest BCUT2D eigenvalue weighted by Crippen LogP contribution is -2.22. The van der Waals surface area contributed by atoms with E-state index in [1.807, 2.05) is 11.8 Å². The van der Waals surface area contributed by atoms with E-state index in [4.69, 9.17) is 5.73 Å². The van der Waals surface area contributed by atoms with Gasteiger partial charge in [0.25, 0.3) is 0 Å². The molecule has 0 saturated heterocycles. The van der Waals surface area contributed by atoms with Crippen LogP contribution in [0, 0.1) is 6.92 Å². The lowest BCUT2D eigenvalue weighted by atomic mass is 10.1. The second kappa shape index (κ2) is 6.41. The average Bonchev–Trinajstić information content (AvgIpc) is 2.85. The summed E-state index contributed by atoms with van der Waals surface area (Å²) in [5.41, 5.74) is 10.2. The van der Waals surface area contributed by atoms with Crippen molar-refractivity contribution in [1.82, 2.24) is 0 Å². The van der Waals surface area contributed by atoms with Gasteiger partial charge in [-0.05, 0) is 47.4 Å². The van der Waals surface area contributed by atoms with Crippen molar-refractivity contribution in [3.05, 3.63) is 57.8 Å². The minimum atomic E-state index is 0.175. The van der Waals surface area contributed by atoms with Gasteiger partial charge in [0.1, 0.15) is 0 Å². The largest absolute Gasteiger partial charge is 0.327 e. The van der Waals surface area contributed by atoms with Gasteiger partial charge in [0.2, 0.25) is 0 Å². The van der Waals surface area contributed by atoms with Crippen LogP contribution in [0.15, 0.2) is 41.1 Å². The second-order valence-corrected chi connectivity index (χ2v) is 6.48. The van der Waals surface area contributed by atoms with Crippen molar-refractivity contribution in [2.24, 2.45) is 5.73 Å². The quantitative estimate of drug-likeness (QED) is 0.877. The summed E-state index contributed by atoms with van der Waals surface area (Å²) >= 11 is 3.68. The van der Waals surface area contributed by atoms with Crippen molar-refractivity contribution in [2.45, 2.75) is 30.9 Å². The van der Waals surface area contributed by atoms with Gasteiger partial charge in [0.15, 0.2) is 0 Å². The molecule has 0 aliphatic carbocycles. The summed E-state index contributed by atoms with van der Waals surface area (Å²) in [7, 11) is 0. The van der Waals surface area contributed by atoms with Gasteiger partial charge >= 0.3 is 0 Å². The second-order valence-electron chi connectivity index (χ2n) is 4.57. The van der Waals surface area contributed by atoms with E-state index in [1.165, 1.54) is 16.7 Å². The molecule has 0 bridgehead atoms. The molecule has 2 unspecified atom stereocenters. The molecule has 2 rings (SSSR count). The molecule has 1 aromatic carbocycles. The highest BCUT2D eigenvalue weighted by molar-refractivity contribution is 7.98. The van der Waals surface area contributed by atoms with Gasteiger partial charge in [0.05, 0.1) is 0 Å². The topological polar surface area (TPSA) is 26.0 Å². The third-order valence-electron chi connectivity index (χ3n) is 3.03. The van der Waals surface area contributed by atoms with E-state index in [2.05, 4.69) is 54.9 Å². The number of hydrogen-bond acceptors (Lipinski definition) is 3. The summed E-state index contributed by atoms with van der Waals surface area (Å²) in [6.45, 7) is 4.26. The number of rotatable bonds is 5. The molecular formula is C15H19NS2. The molecule has 2 N–H and O–H groups in total. The van der Waals surface area contributed by atoms with E-state index in [1.54, 1.807) is 11.3 Å². The summed E-state index contributed by atoms with van der Waals surface area (Å²) in [6.07, 6.45) is 0. The predicted octanol–water partition coefficient (Wildman–Crippen LogP) is 4.38. The zero-order chi connectivity index (χ0) is 13.0. The Bertz CT molecular complexity index is 477. The van der Waals surface area contributed by atoms with Gasteiger partial charge in [-0.25, -0.2) is 0 Å². The SMILES string of the molecule is Cc1ccccc1CSC(c1ccsc1)C(C)N. The van der Waals surface area contributed by atoms with Crippen molar-refractivity contribution in [3.8, 4) is 0 Å². The number of aryl methyl sites for hydroxylation is 1. The first-order valence-electron chi connectivity index (χ1n) is 6.12. The summed E-state index contributed by atoms with van der Waals surface area (Å²) in [4.78, 5) is 0. The van der Waals surface area contributed by atoms with E-state index in [0.717, 1.165) is 5.75 Å². The number of thiophene rings is 1. The van der Waals surface area contributed by atoms with Crippen molar-refractivity contribution in [2.75, 3.05) is 0 Å². The average molecular weight is 277 g/mol. The molecular weight excluding hydrogens is 258 g/mol.